The van der Waals surface area contributed by atoms with Crippen LogP contribution in [0.15, 0.2) is 35.0 Å². The number of ether oxygens (including phenoxy) is 2. The van der Waals surface area contributed by atoms with Crippen LogP contribution in [0.4, 0.5) is 9.80 Å². The topological polar surface area (TPSA) is 126 Å². The Kier molecular flexibility index (Phi) is 8.23. The summed E-state index contributed by atoms with van der Waals surface area (Å²) in [6, 6.07) is 9.92. The van der Waals surface area contributed by atoms with E-state index in [-0.39, 0.29) is 25.0 Å². The molecule has 0 spiro atoms. The van der Waals surface area contributed by atoms with Gasteiger partial charge in [-0.3, -0.25) is 4.79 Å². The lowest BCUT2D eigenvalue weighted by Gasteiger charge is -2.22. The van der Waals surface area contributed by atoms with Crippen LogP contribution in [0.5, 0.6) is 5.75 Å². The van der Waals surface area contributed by atoms with E-state index >= 15 is 0 Å². The lowest BCUT2D eigenvalue weighted by atomic mass is 9.94. The zero-order valence-corrected chi connectivity index (χ0v) is 21.1. The lowest BCUT2D eigenvalue weighted by Crippen LogP contribution is -2.31. The highest BCUT2D eigenvalue weighted by atomic mass is 32.1. The third-order valence-corrected chi connectivity index (χ3v) is 7.20. The number of anilines is 1. The Morgan fingerprint density at radius 3 is 2.89 bits per heavy atom. The number of aryl methyl sites for hydroxylation is 2. The quantitative estimate of drug-likeness (QED) is 0.430. The minimum absolute atomic E-state index is 0.160. The SMILES string of the molecule is CCOc1ccccc1CCC(=O)Nc1sc2c(c1C#N)CCC(OC(=O)NCc1cnoc1C)C2. The van der Waals surface area contributed by atoms with Crippen molar-refractivity contribution in [3.05, 3.63) is 63.4 Å². The molecule has 1 aliphatic rings. The number of carbonyl (C=O) groups excluding carboxylic acids is 2. The van der Waals surface area contributed by atoms with Gasteiger partial charge >= 0.3 is 6.09 Å². The van der Waals surface area contributed by atoms with E-state index in [1.165, 1.54) is 11.3 Å². The van der Waals surface area contributed by atoms with Gasteiger partial charge in [-0.25, -0.2) is 4.79 Å². The van der Waals surface area contributed by atoms with Gasteiger partial charge in [0.1, 0.15) is 28.7 Å². The Morgan fingerprint density at radius 2 is 2.14 bits per heavy atom. The predicted molar refractivity (Wildman–Crippen MR) is 134 cm³/mol. The molecular weight excluding hydrogens is 480 g/mol. The van der Waals surface area contributed by atoms with Crippen LogP contribution >= 0.6 is 11.3 Å². The van der Waals surface area contributed by atoms with Crippen LogP contribution in [0.25, 0.3) is 0 Å². The van der Waals surface area contributed by atoms with Gasteiger partial charge in [-0.2, -0.15) is 5.26 Å². The van der Waals surface area contributed by atoms with Crippen molar-refractivity contribution in [3.8, 4) is 11.8 Å². The molecule has 188 valence electrons. The van der Waals surface area contributed by atoms with E-state index in [1.54, 1.807) is 13.1 Å². The van der Waals surface area contributed by atoms with E-state index < -0.39 is 6.09 Å². The molecule has 4 rings (SSSR count). The summed E-state index contributed by atoms with van der Waals surface area (Å²) < 4.78 is 16.2. The Bertz CT molecular complexity index is 1280. The van der Waals surface area contributed by atoms with Gasteiger partial charge in [-0.1, -0.05) is 23.4 Å². The van der Waals surface area contributed by atoms with E-state index in [4.69, 9.17) is 14.0 Å². The zero-order valence-electron chi connectivity index (χ0n) is 20.3. The minimum Gasteiger partial charge on any atom is -0.494 e. The second-order valence-electron chi connectivity index (χ2n) is 8.44. The number of alkyl carbamates (subject to hydrolysis) is 1. The first-order valence-corrected chi connectivity index (χ1v) is 12.7. The summed E-state index contributed by atoms with van der Waals surface area (Å²) >= 11 is 1.38. The minimum atomic E-state index is -0.512. The van der Waals surface area contributed by atoms with E-state index in [2.05, 4.69) is 21.9 Å². The van der Waals surface area contributed by atoms with Crippen LogP contribution in [0.1, 0.15) is 52.7 Å². The Hall–Kier alpha value is -3.84. The van der Waals surface area contributed by atoms with Crippen molar-refractivity contribution >= 4 is 28.3 Å². The molecule has 3 aromatic rings. The van der Waals surface area contributed by atoms with Crippen molar-refractivity contribution in [2.24, 2.45) is 0 Å². The smallest absolute Gasteiger partial charge is 0.407 e. The molecule has 0 saturated heterocycles. The van der Waals surface area contributed by atoms with Crippen molar-refractivity contribution < 1.29 is 23.6 Å². The summed E-state index contributed by atoms with van der Waals surface area (Å²) in [5, 5.41) is 19.6. The van der Waals surface area contributed by atoms with Gasteiger partial charge < -0.3 is 24.6 Å². The molecule has 0 bridgehead atoms. The highest BCUT2D eigenvalue weighted by molar-refractivity contribution is 7.16. The number of benzene rings is 1. The second kappa shape index (κ2) is 11.7. The average Bonchev–Trinajstić information content (AvgIpc) is 3.43. The van der Waals surface area contributed by atoms with Crippen molar-refractivity contribution in [2.75, 3.05) is 11.9 Å². The van der Waals surface area contributed by atoms with Gasteiger partial charge in [0.15, 0.2) is 0 Å². The molecule has 2 heterocycles. The molecule has 1 aliphatic carbocycles. The fraction of sp³-hybridized carbons (Fsp3) is 0.385. The molecule has 0 aliphatic heterocycles. The molecule has 10 heteroatoms. The van der Waals surface area contributed by atoms with Crippen molar-refractivity contribution in [1.82, 2.24) is 10.5 Å². The fourth-order valence-electron chi connectivity index (χ4n) is 4.16. The number of aromatic nitrogens is 1. The predicted octanol–water partition coefficient (Wildman–Crippen LogP) is 4.67. The second-order valence-corrected chi connectivity index (χ2v) is 9.54. The number of nitrogens with zero attached hydrogens (tertiary/aromatic N) is 2. The van der Waals surface area contributed by atoms with Gasteiger partial charge in [0.2, 0.25) is 5.91 Å². The van der Waals surface area contributed by atoms with E-state index in [0.29, 0.717) is 48.6 Å². The summed E-state index contributed by atoms with van der Waals surface area (Å²) in [5.74, 6) is 1.27. The third-order valence-electron chi connectivity index (χ3n) is 6.03. The van der Waals surface area contributed by atoms with Crippen molar-refractivity contribution in [2.45, 2.75) is 58.6 Å². The maximum Gasteiger partial charge on any atom is 0.407 e. The lowest BCUT2D eigenvalue weighted by molar-refractivity contribution is -0.116. The Balaban J connectivity index is 1.33. The first kappa shape index (κ1) is 25.3. The Labute approximate surface area is 213 Å². The first-order valence-electron chi connectivity index (χ1n) is 11.9. The number of amides is 2. The average molecular weight is 509 g/mol. The molecule has 2 N–H and O–H groups in total. The molecular formula is C26H28N4O5S. The van der Waals surface area contributed by atoms with Crippen molar-refractivity contribution in [3.63, 3.8) is 0 Å². The highest BCUT2D eigenvalue weighted by Gasteiger charge is 2.28. The van der Waals surface area contributed by atoms with Crippen LogP contribution in [0.3, 0.4) is 0 Å². The number of nitrogens with one attached hydrogen (secondary N) is 2. The van der Waals surface area contributed by atoms with E-state index in [1.807, 2.05) is 31.2 Å². The molecule has 2 amide bonds. The maximum atomic E-state index is 12.7. The number of para-hydroxylation sites is 1. The molecule has 0 fully saturated rings. The van der Waals surface area contributed by atoms with Gasteiger partial charge in [-0.05, 0) is 50.3 Å². The van der Waals surface area contributed by atoms with Gasteiger partial charge in [-0.15, -0.1) is 11.3 Å². The number of rotatable bonds is 9. The number of hydrogen-bond donors (Lipinski definition) is 2. The van der Waals surface area contributed by atoms with E-state index in [0.717, 1.165) is 27.3 Å². The molecule has 0 saturated carbocycles. The van der Waals surface area contributed by atoms with E-state index in [9.17, 15) is 14.9 Å². The van der Waals surface area contributed by atoms with Crippen LogP contribution in [-0.2, 0) is 35.3 Å². The molecule has 0 radical (unpaired) electrons. The molecule has 2 aromatic heterocycles. The van der Waals surface area contributed by atoms with Gasteiger partial charge in [0, 0.05) is 23.3 Å². The Morgan fingerprint density at radius 1 is 1.31 bits per heavy atom. The summed E-state index contributed by atoms with van der Waals surface area (Å²) in [6.45, 7) is 4.53. The molecule has 9 nitrogen and oxygen atoms in total. The number of hydrogen-bond acceptors (Lipinski definition) is 8. The van der Waals surface area contributed by atoms with Crippen LogP contribution in [-0.4, -0.2) is 29.9 Å². The number of thiophene rings is 1. The standard InChI is InChI=1S/C26H28N4O5S/c1-3-33-22-7-5-4-6-17(22)8-11-24(31)30-25-21(13-27)20-10-9-19(12-23(20)36-25)34-26(32)28-14-18-15-29-35-16(18)2/h4-7,15,19H,3,8-12,14H2,1-2H3,(H,28,32)(H,30,31). The van der Waals surface area contributed by atoms with Crippen LogP contribution in [0, 0.1) is 18.3 Å². The number of fused-ring (bicyclic) bond motifs is 1. The molecule has 1 atom stereocenters. The summed E-state index contributed by atoms with van der Waals surface area (Å²) in [5.41, 5.74) is 3.19. The third kappa shape index (κ3) is 6.04. The van der Waals surface area contributed by atoms with Crippen LogP contribution in [0.2, 0.25) is 0 Å². The monoisotopic (exact) mass is 508 g/mol. The number of carbonyl (C=O) groups is 2. The largest absolute Gasteiger partial charge is 0.494 e. The zero-order chi connectivity index (χ0) is 25.5. The molecule has 36 heavy (non-hydrogen) atoms. The van der Waals surface area contributed by atoms with Gasteiger partial charge in [0.25, 0.3) is 0 Å². The summed E-state index contributed by atoms with van der Waals surface area (Å²) in [7, 11) is 0. The van der Waals surface area contributed by atoms with Crippen LogP contribution < -0.4 is 15.4 Å². The normalized spacial score (nSPS) is 14.4. The molecule has 1 aromatic carbocycles. The molecule has 1 unspecified atom stereocenters. The fourth-order valence-corrected chi connectivity index (χ4v) is 5.43. The summed E-state index contributed by atoms with van der Waals surface area (Å²) in [4.78, 5) is 25.9. The number of nitriles is 1. The van der Waals surface area contributed by atoms with Gasteiger partial charge in [0.05, 0.1) is 24.9 Å². The van der Waals surface area contributed by atoms with Crippen molar-refractivity contribution in [1.29, 1.82) is 5.26 Å². The summed E-state index contributed by atoms with van der Waals surface area (Å²) in [6.07, 6.45) is 3.28. The highest BCUT2D eigenvalue weighted by Crippen LogP contribution is 2.38. The maximum absolute atomic E-state index is 12.7. The first-order chi connectivity index (χ1) is 17.5.